The van der Waals surface area contributed by atoms with Gasteiger partial charge in [-0.15, -0.1) is 35.4 Å². The summed E-state index contributed by atoms with van der Waals surface area (Å²) in [5.41, 5.74) is 7.16. The zero-order valence-corrected chi connectivity index (χ0v) is 42.6. The second kappa shape index (κ2) is 21.8. The Morgan fingerprint density at radius 2 is 0.823 bits per heavy atom. The molecule has 0 aliphatic carbocycles. The van der Waals surface area contributed by atoms with E-state index in [0.29, 0.717) is 0 Å². The standard InChI is InChI=1S/C25H22P2.C16H13Si.C15H10Si.Ag.Au/c1-5-13-22(14-6-1)26(23-15-7-2-8-16-23)21-27(24-17-9-3-10-18-24)25-19-11-4-12-20-25;1-4-12-9-10-14-13-7-5-6-8-15(13)17(2,3)16(14)11-12;1-3-11-8-9-15-13(10-11)12-6-4-5-7-14(12)16(15)2;;/h1-20H,21H2;5-11H,2-3H3;4-10H,2H3;;/q;2*-1;2*+1/p+2. The van der Waals surface area contributed by atoms with Crippen LogP contribution in [-0.2, 0) is 44.8 Å². The van der Waals surface area contributed by atoms with E-state index < -0.39 is 32.7 Å². The number of hydrogen-bond donors (Lipinski definition) is 0. The molecule has 0 fully saturated rings. The van der Waals surface area contributed by atoms with Crippen LogP contribution in [0.25, 0.3) is 22.3 Å². The van der Waals surface area contributed by atoms with Crippen molar-refractivity contribution < 1.29 is 44.8 Å². The average Bonchev–Trinajstić information content (AvgIpc) is 3.73. The minimum atomic E-state index is -1.55. The second-order valence-corrected chi connectivity index (χ2v) is 28.0. The van der Waals surface area contributed by atoms with Crippen molar-refractivity contribution in [1.29, 1.82) is 0 Å². The van der Waals surface area contributed by atoms with Gasteiger partial charge >= 0.3 is 44.8 Å². The molecule has 0 spiro atoms. The van der Waals surface area contributed by atoms with Crippen LogP contribution in [-0.4, -0.2) is 22.8 Å². The smallest absolute Gasteiger partial charge is 0.366 e. The molecule has 0 saturated heterocycles. The Bertz CT molecular complexity index is 2660. The first-order valence-electron chi connectivity index (χ1n) is 20.5. The monoisotopic (exact) mass is 1140 g/mol. The molecule has 309 valence electrons. The van der Waals surface area contributed by atoms with Crippen LogP contribution in [0.5, 0.6) is 0 Å². The Morgan fingerprint density at radius 3 is 1.32 bits per heavy atom. The van der Waals surface area contributed by atoms with E-state index in [1.165, 1.54) is 70.1 Å². The number of fused-ring (bicyclic) bond motifs is 6. The fourth-order valence-corrected chi connectivity index (χ4v) is 21.7. The number of benzene rings is 8. The topological polar surface area (TPSA) is 0 Å². The van der Waals surface area contributed by atoms with E-state index in [1.54, 1.807) is 0 Å². The second-order valence-electron chi connectivity index (χ2n) is 15.7. The largest absolute Gasteiger partial charge is 1.00 e. The molecule has 0 nitrogen and oxygen atoms in total. The van der Waals surface area contributed by atoms with Gasteiger partial charge in [0.1, 0.15) is 53.9 Å². The summed E-state index contributed by atoms with van der Waals surface area (Å²) in [6.07, 6.45) is 14.5. The average molecular weight is 1140 g/mol. The molecule has 1 radical (unpaired) electrons. The molecule has 10 rings (SSSR count). The SMILES string of the molecule is [Ag+].[Au+].[C-]#Cc1ccc2c(c1)-c1ccccc1[Si]2C.[C-]#Cc1ccc2c(c1)[Si](C)(C)c1ccccc1-2.c1ccc([PH+](C[PH+](c2ccccc2)c2ccccc2)c2ccccc2)cc1. The zero-order chi connectivity index (χ0) is 41.5. The van der Waals surface area contributed by atoms with E-state index in [1.807, 2.05) is 12.1 Å². The molecule has 6 heteroatoms. The van der Waals surface area contributed by atoms with E-state index in [4.69, 9.17) is 12.8 Å². The van der Waals surface area contributed by atoms with Gasteiger partial charge in [-0.05, 0) is 81.2 Å². The Balaban J connectivity index is 0.000000160. The molecule has 2 aliphatic rings. The molecule has 2 heterocycles. The fourth-order valence-electron chi connectivity index (χ4n) is 8.62. The maximum atomic E-state index is 7.26. The molecule has 0 atom stereocenters. The van der Waals surface area contributed by atoms with Gasteiger partial charge in [0, 0.05) is 0 Å². The molecule has 0 saturated carbocycles. The maximum absolute atomic E-state index is 7.26. The molecule has 62 heavy (non-hydrogen) atoms. The summed E-state index contributed by atoms with van der Waals surface area (Å²) in [7, 11) is -3.83. The third-order valence-electron chi connectivity index (χ3n) is 11.8. The third-order valence-corrected chi connectivity index (χ3v) is 24.7. The summed E-state index contributed by atoms with van der Waals surface area (Å²) in [4.78, 5) is 0. The van der Waals surface area contributed by atoms with Crippen LogP contribution in [0.15, 0.2) is 206 Å². The first-order valence-corrected chi connectivity index (χ1v) is 28.9. The van der Waals surface area contributed by atoms with E-state index in [2.05, 4.69) is 226 Å². The van der Waals surface area contributed by atoms with Crippen LogP contribution in [0.3, 0.4) is 0 Å². The Kier molecular flexibility index (Phi) is 16.6. The van der Waals surface area contributed by atoms with Gasteiger partial charge in [0.15, 0.2) is 5.90 Å². The van der Waals surface area contributed by atoms with Gasteiger partial charge in [-0.2, -0.15) is 0 Å². The summed E-state index contributed by atoms with van der Waals surface area (Å²) in [6, 6.07) is 74.3. The predicted molar refractivity (Wildman–Crippen MR) is 270 cm³/mol. The van der Waals surface area contributed by atoms with Crippen molar-refractivity contribution in [1.82, 2.24) is 0 Å². The van der Waals surface area contributed by atoms with E-state index >= 15 is 0 Å². The molecule has 0 aromatic heterocycles. The summed E-state index contributed by atoms with van der Waals surface area (Å²) < 4.78 is 0. The van der Waals surface area contributed by atoms with Gasteiger partial charge in [0.25, 0.3) is 0 Å². The van der Waals surface area contributed by atoms with Gasteiger partial charge < -0.3 is 12.8 Å². The minimum absolute atomic E-state index is 0. The van der Waals surface area contributed by atoms with Crippen LogP contribution in [0.2, 0.25) is 19.6 Å². The third kappa shape index (κ3) is 10.2. The van der Waals surface area contributed by atoms with Gasteiger partial charge in [0.2, 0.25) is 0 Å². The van der Waals surface area contributed by atoms with Crippen molar-refractivity contribution in [2.75, 3.05) is 5.90 Å². The quantitative estimate of drug-likeness (QED) is 0.0676. The molecule has 0 unspecified atom stereocenters. The van der Waals surface area contributed by atoms with Crippen LogP contribution in [0, 0.1) is 24.7 Å². The van der Waals surface area contributed by atoms with Crippen LogP contribution in [0.4, 0.5) is 0 Å². The summed E-state index contributed by atoms with van der Waals surface area (Å²) in [6.45, 7) is 7.10. The zero-order valence-electron chi connectivity index (χ0n) is 34.9. The summed E-state index contributed by atoms with van der Waals surface area (Å²) >= 11 is 0. The van der Waals surface area contributed by atoms with Crippen LogP contribution in [0.1, 0.15) is 11.1 Å². The molecular weight excluding hydrogens is 1100 g/mol. The van der Waals surface area contributed by atoms with Crippen molar-refractivity contribution >= 4 is 74.7 Å². The molecule has 0 amide bonds. The predicted octanol–water partition coefficient (Wildman–Crippen LogP) is 8.94. The molecule has 8 aromatic carbocycles. The number of hydrogen-bond acceptors (Lipinski definition) is 0. The molecular formula is C56H47AgAuP2Si2+2. The van der Waals surface area contributed by atoms with E-state index in [-0.39, 0.29) is 44.8 Å². The normalized spacial score (nSPS) is 12.2. The van der Waals surface area contributed by atoms with Gasteiger partial charge in [-0.3, -0.25) is 11.8 Å². The fraction of sp³-hybridized carbons (Fsp3) is 0.0714. The molecule has 0 bridgehead atoms. The van der Waals surface area contributed by atoms with Crippen molar-refractivity contribution in [2.24, 2.45) is 0 Å². The Hall–Kier alpha value is -4.35. The van der Waals surface area contributed by atoms with E-state index in [0.717, 1.165) is 11.1 Å². The summed E-state index contributed by atoms with van der Waals surface area (Å²) in [5, 5.41) is 11.9. The Morgan fingerprint density at radius 1 is 0.435 bits per heavy atom. The van der Waals surface area contributed by atoms with Crippen molar-refractivity contribution in [3.63, 3.8) is 0 Å². The molecule has 8 aromatic rings. The number of rotatable bonds is 6. The van der Waals surface area contributed by atoms with Gasteiger partial charge in [-0.25, -0.2) is 0 Å². The van der Waals surface area contributed by atoms with E-state index in [9.17, 15) is 0 Å². The van der Waals surface area contributed by atoms with Crippen LogP contribution >= 0.6 is 15.8 Å². The van der Waals surface area contributed by atoms with Crippen LogP contribution < -0.4 is 42.0 Å². The van der Waals surface area contributed by atoms with Gasteiger partial charge in [0.05, 0.1) is 0 Å². The molecule has 0 N–H and O–H groups in total. The first-order chi connectivity index (χ1) is 29.4. The summed E-state index contributed by atoms with van der Waals surface area (Å²) in [5.74, 6) is 6.20. The maximum Gasteiger partial charge on any atom is 1.00 e. The first kappa shape index (κ1) is 47.1. The van der Waals surface area contributed by atoms with Crippen molar-refractivity contribution in [3.8, 4) is 34.1 Å². The van der Waals surface area contributed by atoms with Crippen molar-refractivity contribution in [3.05, 3.63) is 230 Å². The minimum Gasteiger partial charge on any atom is -0.366 e. The Labute approximate surface area is 405 Å². The molecule has 2 aliphatic heterocycles. The van der Waals surface area contributed by atoms with Crippen molar-refractivity contribution in [2.45, 2.75) is 19.6 Å². The van der Waals surface area contributed by atoms with Gasteiger partial charge in [-0.1, -0.05) is 163 Å².